The molecule has 0 heterocycles. The summed E-state index contributed by atoms with van der Waals surface area (Å²) in [5.41, 5.74) is 3.52. The summed E-state index contributed by atoms with van der Waals surface area (Å²) in [5, 5.41) is 3.11. The Morgan fingerprint density at radius 3 is 2.59 bits per heavy atom. The van der Waals surface area contributed by atoms with Gasteiger partial charge in [0.2, 0.25) is 5.91 Å². The van der Waals surface area contributed by atoms with Crippen molar-refractivity contribution in [3.63, 3.8) is 0 Å². The smallest absolute Gasteiger partial charge is 0.227 e. The van der Waals surface area contributed by atoms with Gasteiger partial charge in [0.05, 0.1) is 5.92 Å². The first kappa shape index (κ1) is 17.3. The molecule has 0 saturated heterocycles. The van der Waals surface area contributed by atoms with Crippen LogP contribution in [0.4, 0.5) is 0 Å². The zero-order valence-corrected chi connectivity index (χ0v) is 15.2. The first-order chi connectivity index (χ1) is 13.3. The number of hydrogen-bond acceptors (Lipinski definition) is 2. The highest BCUT2D eigenvalue weighted by Gasteiger charge is 2.25. The van der Waals surface area contributed by atoms with E-state index in [0.717, 1.165) is 36.3 Å². The van der Waals surface area contributed by atoms with Crippen LogP contribution in [0.25, 0.3) is 0 Å². The zero-order chi connectivity index (χ0) is 18.5. The SMILES string of the molecule is O=C(NCc1cccc(Oc2ccccc2)c1)C1CCCc2ccccc21. The van der Waals surface area contributed by atoms with Gasteiger partial charge in [0.1, 0.15) is 11.5 Å². The highest BCUT2D eigenvalue weighted by atomic mass is 16.5. The van der Waals surface area contributed by atoms with Crippen LogP contribution in [0.2, 0.25) is 0 Å². The zero-order valence-electron chi connectivity index (χ0n) is 15.2. The molecule has 27 heavy (non-hydrogen) atoms. The fourth-order valence-corrected chi connectivity index (χ4v) is 3.68. The maximum Gasteiger partial charge on any atom is 0.227 e. The van der Waals surface area contributed by atoms with Gasteiger partial charge >= 0.3 is 0 Å². The lowest BCUT2D eigenvalue weighted by Gasteiger charge is -2.24. The molecule has 3 aromatic rings. The van der Waals surface area contributed by atoms with Gasteiger partial charge in [-0.2, -0.15) is 0 Å². The molecule has 0 fully saturated rings. The standard InChI is InChI=1S/C24H23NO2/c26-24(23-15-7-10-19-9-4-5-14-22(19)23)25-17-18-8-6-13-21(16-18)27-20-11-2-1-3-12-20/h1-6,8-9,11-14,16,23H,7,10,15,17H2,(H,25,26). The number of hydrogen-bond donors (Lipinski definition) is 1. The largest absolute Gasteiger partial charge is 0.457 e. The minimum Gasteiger partial charge on any atom is -0.457 e. The maximum absolute atomic E-state index is 12.8. The van der Waals surface area contributed by atoms with Crippen molar-refractivity contribution in [2.45, 2.75) is 31.7 Å². The van der Waals surface area contributed by atoms with E-state index in [4.69, 9.17) is 4.74 Å². The highest BCUT2D eigenvalue weighted by molar-refractivity contribution is 5.84. The van der Waals surface area contributed by atoms with Crippen LogP contribution >= 0.6 is 0 Å². The second-order valence-corrected chi connectivity index (χ2v) is 6.92. The second kappa shape index (κ2) is 8.09. The molecule has 0 spiro atoms. The first-order valence-electron chi connectivity index (χ1n) is 9.47. The van der Waals surface area contributed by atoms with Crippen LogP contribution in [-0.2, 0) is 17.8 Å². The monoisotopic (exact) mass is 357 g/mol. The molecule has 1 atom stereocenters. The summed E-state index contributed by atoms with van der Waals surface area (Å²) >= 11 is 0. The van der Waals surface area contributed by atoms with Gasteiger partial charge in [0, 0.05) is 6.54 Å². The summed E-state index contributed by atoms with van der Waals surface area (Å²) in [4.78, 5) is 12.8. The van der Waals surface area contributed by atoms with Gasteiger partial charge in [-0.1, -0.05) is 54.6 Å². The third-order valence-electron chi connectivity index (χ3n) is 5.03. The van der Waals surface area contributed by atoms with Crippen LogP contribution in [0.15, 0.2) is 78.9 Å². The summed E-state index contributed by atoms with van der Waals surface area (Å²) < 4.78 is 5.88. The number of carbonyl (C=O) groups is 1. The van der Waals surface area contributed by atoms with E-state index >= 15 is 0 Å². The number of carbonyl (C=O) groups excluding carboxylic acids is 1. The Bertz CT molecular complexity index is 920. The molecule has 1 aliphatic carbocycles. The Labute approximate surface area is 160 Å². The van der Waals surface area contributed by atoms with Crippen LogP contribution in [0.1, 0.15) is 35.4 Å². The molecule has 0 aromatic heterocycles. The Hall–Kier alpha value is -3.07. The summed E-state index contributed by atoms with van der Waals surface area (Å²) in [6, 6.07) is 25.9. The average molecular weight is 357 g/mol. The van der Waals surface area contributed by atoms with Gasteiger partial charge in [-0.15, -0.1) is 0 Å². The van der Waals surface area contributed by atoms with Gasteiger partial charge in [-0.3, -0.25) is 4.79 Å². The van der Waals surface area contributed by atoms with E-state index in [1.807, 2.05) is 60.7 Å². The molecule has 1 aliphatic rings. The van der Waals surface area contributed by atoms with Crippen LogP contribution < -0.4 is 10.1 Å². The quantitative estimate of drug-likeness (QED) is 0.680. The number of amides is 1. The summed E-state index contributed by atoms with van der Waals surface area (Å²) in [6.07, 6.45) is 3.05. The predicted molar refractivity (Wildman–Crippen MR) is 107 cm³/mol. The van der Waals surface area contributed by atoms with E-state index in [9.17, 15) is 4.79 Å². The number of fused-ring (bicyclic) bond motifs is 1. The van der Waals surface area contributed by atoms with Crippen LogP contribution in [-0.4, -0.2) is 5.91 Å². The first-order valence-corrected chi connectivity index (χ1v) is 9.47. The number of ether oxygens (including phenoxy) is 1. The van der Waals surface area contributed by atoms with Crippen molar-refractivity contribution in [3.05, 3.63) is 95.6 Å². The molecule has 1 unspecified atom stereocenters. The molecule has 1 amide bonds. The molecule has 0 aliphatic heterocycles. The fourth-order valence-electron chi connectivity index (χ4n) is 3.68. The Morgan fingerprint density at radius 2 is 1.70 bits per heavy atom. The lowest BCUT2D eigenvalue weighted by Crippen LogP contribution is -2.31. The van der Waals surface area contributed by atoms with Crippen LogP contribution in [0.3, 0.4) is 0 Å². The lowest BCUT2D eigenvalue weighted by atomic mass is 9.82. The summed E-state index contributed by atoms with van der Waals surface area (Å²) in [7, 11) is 0. The molecule has 0 bridgehead atoms. The number of benzene rings is 3. The van der Waals surface area contributed by atoms with E-state index in [-0.39, 0.29) is 11.8 Å². The molecular weight excluding hydrogens is 334 g/mol. The fraction of sp³-hybridized carbons (Fsp3) is 0.208. The third kappa shape index (κ3) is 4.20. The van der Waals surface area contributed by atoms with Crippen molar-refractivity contribution in [2.75, 3.05) is 0 Å². The van der Waals surface area contributed by atoms with Crippen LogP contribution in [0.5, 0.6) is 11.5 Å². The Kier molecular flexibility index (Phi) is 5.20. The van der Waals surface area contributed by atoms with Crippen molar-refractivity contribution >= 4 is 5.91 Å². The van der Waals surface area contributed by atoms with Crippen molar-refractivity contribution < 1.29 is 9.53 Å². The summed E-state index contributed by atoms with van der Waals surface area (Å²) in [6.45, 7) is 0.503. The Balaban J connectivity index is 1.41. The molecule has 3 nitrogen and oxygen atoms in total. The number of aryl methyl sites for hydroxylation is 1. The number of rotatable bonds is 5. The molecule has 4 rings (SSSR count). The van der Waals surface area contributed by atoms with Crippen molar-refractivity contribution in [3.8, 4) is 11.5 Å². The van der Waals surface area contributed by atoms with Crippen molar-refractivity contribution in [1.82, 2.24) is 5.32 Å². The maximum atomic E-state index is 12.8. The molecular formula is C24H23NO2. The number of para-hydroxylation sites is 1. The highest BCUT2D eigenvalue weighted by Crippen LogP contribution is 2.31. The van der Waals surface area contributed by atoms with Crippen molar-refractivity contribution in [1.29, 1.82) is 0 Å². The second-order valence-electron chi connectivity index (χ2n) is 6.92. The van der Waals surface area contributed by atoms with Gasteiger partial charge in [-0.25, -0.2) is 0 Å². The molecule has 136 valence electrons. The molecule has 1 N–H and O–H groups in total. The van der Waals surface area contributed by atoms with Gasteiger partial charge in [0.15, 0.2) is 0 Å². The average Bonchev–Trinajstić information content (AvgIpc) is 2.72. The van der Waals surface area contributed by atoms with E-state index < -0.39 is 0 Å². The minimum absolute atomic E-state index is 0.0429. The van der Waals surface area contributed by atoms with Crippen LogP contribution in [0, 0.1) is 0 Å². The Morgan fingerprint density at radius 1 is 0.926 bits per heavy atom. The lowest BCUT2D eigenvalue weighted by molar-refractivity contribution is -0.123. The predicted octanol–water partition coefficient (Wildman–Crippen LogP) is 5.22. The topological polar surface area (TPSA) is 38.3 Å². The van der Waals surface area contributed by atoms with Gasteiger partial charge in [-0.05, 0) is 60.2 Å². The molecule has 0 radical (unpaired) electrons. The normalized spacial score (nSPS) is 15.6. The van der Waals surface area contributed by atoms with E-state index in [1.165, 1.54) is 11.1 Å². The van der Waals surface area contributed by atoms with E-state index in [2.05, 4.69) is 23.5 Å². The molecule has 3 heteroatoms. The van der Waals surface area contributed by atoms with E-state index in [1.54, 1.807) is 0 Å². The van der Waals surface area contributed by atoms with Gasteiger partial charge in [0.25, 0.3) is 0 Å². The number of nitrogens with one attached hydrogen (secondary N) is 1. The van der Waals surface area contributed by atoms with Crippen molar-refractivity contribution in [2.24, 2.45) is 0 Å². The van der Waals surface area contributed by atoms with E-state index in [0.29, 0.717) is 6.54 Å². The third-order valence-corrected chi connectivity index (χ3v) is 5.03. The van der Waals surface area contributed by atoms with Gasteiger partial charge < -0.3 is 10.1 Å². The minimum atomic E-state index is -0.0429. The molecule has 0 saturated carbocycles. The summed E-state index contributed by atoms with van der Waals surface area (Å²) in [5.74, 6) is 1.64. The molecule has 3 aromatic carbocycles.